The smallest absolute Gasteiger partial charge is 0.414 e. The van der Waals surface area contributed by atoms with Crippen LogP contribution in [0.5, 0.6) is 11.5 Å². The molecule has 1 heterocycles. The number of benzene rings is 2. The fraction of sp³-hybridized carbons (Fsp3) is 0.364. The molecular formula is C22H28N2O8S. The molecule has 1 aliphatic heterocycles. The summed E-state index contributed by atoms with van der Waals surface area (Å²) in [5.74, 6) is -2.21. The molecule has 0 unspecified atom stereocenters. The molecule has 0 amide bonds. The molecule has 3 rings (SSSR count). The van der Waals surface area contributed by atoms with Crippen LogP contribution in [0.4, 0.5) is 0 Å². The Bertz CT molecular complexity index is 1050. The van der Waals surface area contributed by atoms with Crippen LogP contribution >= 0.6 is 0 Å². The fourth-order valence-corrected chi connectivity index (χ4v) is 4.73. The van der Waals surface area contributed by atoms with Crippen LogP contribution in [0.25, 0.3) is 0 Å². The number of sulfonamides is 1. The predicted octanol–water partition coefficient (Wildman–Crippen LogP) is 1.67. The van der Waals surface area contributed by atoms with Gasteiger partial charge in [0.1, 0.15) is 0 Å². The molecule has 0 saturated carbocycles. The second kappa shape index (κ2) is 11.6. The van der Waals surface area contributed by atoms with Gasteiger partial charge >= 0.3 is 11.9 Å². The molecule has 1 aliphatic rings. The number of hydrogen-bond donors (Lipinski definition) is 2. The maximum Gasteiger partial charge on any atom is 0.414 e. The van der Waals surface area contributed by atoms with Crippen LogP contribution in [0, 0.1) is 6.92 Å². The lowest BCUT2D eigenvalue weighted by molar-refractivity contribution is -0.159. The highest BCUT2D eigenvalue weighted by molar-refractivity contribution is 7.89. The number of aliphatic carboxylic acids is 2. The molecule has 0 aliphatic carbocycles. The summed E-state index contributed by atoms with van der Waals surface area (Å²) in [5, 5.41) is 14.8. The van der Waals surface area contributed by atoms with E-state index < -0.39 is 22.0 Å². The topological polar surface area (TPSA) is 134 Å². The lowest BCUT2D eigenvalue weighted by atomic mass is 10.1. The van der Waals surface area contributed by atoms with Crippen molar-refractivity contribution in [3.05, 3.63) is 53.6 Å². The Morgan fingerprint density at radius 3 is 1.97 bits per heavy atom. The third kappa shape index (κ3) is 6.91. The lowest BCUT2D eigenvalue weighted by Crippen LogP contribution is -2.48. The summed E-state index contributed by atoms with van der Waals surface area (Å²) in [6.07, 6.45) is 0. The number of ether oxygens (including phenoxy) is 2. The molecule has 0 bridgehead atoms. The van der Waals surface area contributed by atoms with E-state index in [1.807, 2.05) is 37.3 Å². The summed E-state index contributed by atoms with van der Waals surface area (Å²) >= 11 is 0. The summed E-state index contributed by atoms with van der Waals surface area (Å²) in [5.41, 5.74) is 2.08. The second-order valence-electron chi connectivity index (χ2n) is 7.26. The van der Waals surface area contributed by atoms with E-state index in [0.717, 1.165) is 16.9 Å². The average Bonchev–Trinajstić information content (AvgIpc) is 2.80. The quantitative estimate of drug-likeness (QED) is 0.592. The number of carbonyl (C=O) groups is 2. The molecule has 2 aromatic carbocycles. The summed E-state index contributed by atoms with van der Waals surface area (Å²) in [4.78, 5) is 20.8. The fourth-order valence-electron chi connectivity index (χ4n) is 3.31. The van der Waals surface area contributed by atoms with Crippen LogP contribution < -0.4 is 9.47 Å². The van der Waals surface area contributed by atoms with Gasteiger partial charge in [-0.1, -0.05) is 29.8 Å². The molecule has 0 atom stereocenters. The van der Waals surface area contributed by atoms with Gasteiger partial charge in [-0.25, -0.2) is 18.0 Å². The van der Waals surface area contributed by atoms with Crippen molar-refractivity contribution >= 4 is 22.0 Å². The summed E-state index contributed by atoms with van der Waals surface area (Å²) in [6, 6.07) is 12.8. The van der Waals surface area contributed by atoms with Crippen LogP contribution in [-0.4, -0.2) is 80.2 Å². The largest absolute Gasteiger partial charge is 0.493 e. The van der Waals surface area contributed by atoms with Gasteiger partial charge in [0.25, 0.3) is 0 Å². The van der Waals surface area contributed by atoms with Crippen molar-refractivity contribution in [3.63, 3.8) is 0 Å². The minimum Gasteiger partial charge on any atom is -0.493 e. The minimum absolute atomic E-state index is 0.357. The standard InChI is InChI=1S/C20H26N2O4S.C2H2O4/c1-16-7-9-18(10-8-16)27(23,24)22-13-11-21(12-14-22)15-17-5-4-6-19(25-2)20(17)26-3;3-1(4)2(5)6/h4-10H,11-15H2,1-3H3;(H,3,4)(H,5,6). The van der Waals surface area contributed by atoms with Crippen molar-refractivity contribution in [2.24, 2.45) is 0 Å². The summed E-state index contributed by atoms with van der Waals surface area (Å²) < 4.78 is 38.1. The third-order valence-corrected chi connectivity index (χ3v) is 6.96. The number of piperazine rings is 1. The lowest BCUT2D eigenvalue weighted by Gasteiger charge is -2.34. The van der Waals surface area contributed by atoms with E-state index in [4.69, 9.17) is 29.3 Å². The molecule has 2 N–H and O–H groups in total. The van der Waals surface area contributed by atoms with E-state index in [9.17, 15) is 8.42 Å². The summed E-state index contributed by atoms with van der Waals surface area (Å²) in [6.45, 7) is 4.93. The van der Waals surface area contributed by atoms with Gasteiger partial charge in [0, 0.05) is 38.3 Å². The number of nitrogens with zero attached hydrogens (tertiary/aromatic N) is 2. The molecule has 1 fully saturated rings. The second-order valence-corrected chi connectivity index (χ2v) is 9.19. The number of rotatable bonds is 6. The molecule has 0 radical (unpaired) electrons. The molecule has 0 spiro atoms. The van der Waals surface area contributed by atoms with Crippen molar-refractivity contribution in [2.75, 3.05) is 40.4 Å². The molecule has 0 aromatic heterocycles. The Morgan fingerprint density at radius 1 is 0.909 bits per heavy atom. The van der Waals surface area contributed by atoms with Crippen molar-refractivity contribution < 1.29 is 37.7 Å². The Labute approximate surface area is 193 Å². The van der Waals surface area contributed by atoms with E-state index in [1.54, 1.807) is 30.7 Å². The van der Waals surface area contributed by atoms with Gasteiger partial charge in [-0.2, -0.15) is 4.31 Å². The molecule has 11 heteroatoms. The predicted molar refractivity (Wildman–Crippen MR) is 120 cm³/mol. The van der Waals surface area contributed by atoms with Crippen LogP contribution in [0.15, 0.2) is 47.4 Å². The van der Waals surface area contributed by atoms with Crippen LogP contribution in [0.2, 0.25) is 0 Å². The van der Waals surface area contributed by atoms with Crippen molar-refractivity contribution in [2.45, 2.75) is 18.4 Å². The first-order chi connectivity index (χ1) is 15.6. The van der Waals surface area contributed by atoms with Crippen LogP contribution in [-0.2, 0) is 26.2 Å². The number of aryl methyl sites for hydroxylation is 1. The molecule has 33 heavy (non-hydrogen) atoms. The van der Waals surface area contributed by atoms with Crippen molar-refractivity contribution in [1.29, 1.82) is 0 Å². The summed E-state index contributed by atoms with van der Waals surface area (Å²) in [7, 11) is -0.183. The van der Waals surface area contributed by atoms with Gasteiger partial charge in [0.15, 0.2) is 11.5 Å². The van der Waals surface area contributed by atoms with Gasteiger partial charge in [-0.05, 0) is 25.1 Å². The minimum atomic E-state index is -3.44. The first-order valence-corrected chi connectivity index (χ1v) is 11.5. The molecule has 180 valence electrons. The molecular weight excluding hydrogens is 452 g/mol. The number of carboxylic acid groups (broad SMARTS) is 2. The highest BCUT2D eigenvalue weighted by atomic mass is 32.2. The zero-order valence-corrected chi connectivity index (χ0v) is 19.5. The maximum absolute atomic E-state index is 12.8. The first-order valence-electron chi connectivity index (χ1n) is 10.1. The first kappa shape index (κ1) is 26.1. The highest BCUT2D eigenvalue weighted by Gasteiger charge is 2.28. The monoisotopic (exact) mass is 480 g/mol. The van der Waals surface area contributed by atoms with Gasteiger partial charge < -0.3 is 19.7 Å². The number of methoxy groups -OCH3 is 2. The maximum atomic E-state index is 12.8. The highest BCUT2D eigenvalue weighted by Crippen LogP contribution is 2.31. The Morgan fingerprint density at radius 2 is 1.48 bits per heavy atom. The van der Waals surface area contributed by atoms with Crippen molar-refractivity contribution in [3.8, 4) is 11.5 Å². The van der Waals surface area contributed by atoms with Gasteiger partial charge in [-0.15, -0.1) is 0 Å². The zero-order valence-electron chi connectivity index (χ0n) is 18.7. The van der Waals surface area contributed by atoms with Crippen LogP contribution in [0.3, 0.4) is 0 Å². The van der Waals surface area contributed by atoms with Gasteiger partial charge in [0.2, 0.25) is 10.0 Å². The van der Waals surface area contributed by atoms with E-state index in [2.05, 4.69) is 4.90 Å². The van der Waals surface area contributed by atoms with Gasteiger partial charge in [-0.3, -0.25) is 4.90 Å². The Balaban J connectivity index is 0.000000569. The van der Waals surface area contributed by atoms with Crippen LogP contribution in [0.1, 0.15) is 11.1 Å². The number of para-hydroxylation sites is 1. The van der Waals surface area contributed by atoms with E-state index in [0.29, 0.717) is 43.4 Å². The van der Waals surface area contributed by atoms with E-state index in [-0.39, 0.29) is 0 Å². The Hall–Kier alpha value is -3.15. The SMILES string of the molecule is COc1cccc(CN2CCN(S(=O)(=O)c3ccc(C)cc3)CC2)c1OC.O=C(O)C(=O)O. The average molecular weight is 481 g/mol. The van der Waals surface area contributed by atoms with Crippen molar-refractivity contribution in [1.82, 2.24) is 9.21 Å². The Kier molecular flexibility index (Phi) is 9.21. The number of hydrogen-bond acceptors (Lipinski definition) is 7. The zero-order chi connectivity index (χ0) is 24.6. The van der Waals surface area contributed by atoms with E-state index >= 15 is 0 Å². The normalized spacial score (nSPS) is 14.6. The van der Waals surface area contributed by atoms with E-state index in [1.165, 1.54) is 0 Å². The third-order valence-electron chi connectivity index (χ3n) is 5.05. The molecule has 2 aromatic rings. The molecule has 1 saturated heterocycles. The van der Waals surface area contributed by atoms with Gasteiger partial charge in [0.05, 0.1) is 19.1 Å². The molecule has 10 nitrogen and oxygen atoms in total. The number of carboxylic acids is 2.